The topological polar surface area (TPSA) is 25.4 Å². The molecule has 1 fully saturated rings. The Kier molecular flexibility index (Phi) is 8.32. The highest BCUT2D eigenvalue weighted by Crippen LogP contribution is 2.41. The van der Waals surface area contributed by atoms with Crippen molar-refractivity contribution >= 4 is 54.1 Å². The molecule has 4 rings (SSSR count). The fraction of sp³-hybridized carbons (Fsp3) is 0.381. The van der Waals surface area contributed by atoms with Crippen LogP contribution in [-0.2, 0) is 6.42 Å². The molecule has 0 saturated heterocycles. The highest BCUT2D eigenvalue weighted by molar-refractivity contribution is 6.35. The summed E-state index contributed by atoms with van der Waals surface area (Å²) in [7, 11) is 1.71. The molecule has 1 atom stereocenters. The van der Waals surface area contributed by atoms with E-state index in [1.54, 1.807) is 19.5 Å². The van der Waals surface area contributed by atoms with E-state index in [9.17, 15) is 0 Å². The molecule has 0 radical (unpaired) electrons. The quantitative estimate of drug-likeness (QED) is 0.503. The zero-order valence-electron chi connectivity index (χ0n) is 15.6. The van der Waals surface area contributed by atoms with Crippen molar-refractivity contribution < 1.29 is 4.74 Å². The van der Waals surface area contributed by atoms with Gasteiger partial charge in [0.05, 0.1) is 23.2 Å². The van der Waals surface area contributed by atoms with Gasteiger partial charge < -0.3 is 9.64 Å². The Morgan fingerprint density at radius 2 is 1.79 bits per heavy atom. The van der Waals surface area contributed by atoms with E-state index in [0.29, 0.717) is 16.1 Å². The number of benzene rings is 1. The van der Waals surface area contributed by atoms with Crippen molar-refractivity contribution in [1.29, 1.82) is 0 Å². The van der Waals surface area contributed by atoms with E-state index in [1.165, 1.54) is 36.8 Å². The van der Waals surface area contributed by atoms with Crippen LogP contribution >= 0.6 is 48.0 Å². The van der Waals surface area contributed by atoms with Gasteiger partial charge in [-0.25, -0.2) is 0 Å². The summed E-state index contributed by atoms with van der Waals surface area (Å²) in [5.41, 5.74) is 3.45. The first-order valence-electron chi connectivity index (χ1n) is 9.09. The first kappa shape index (κ1) is 23.2. The van der Waals surface area contributed by atoms with E-state index in [2.05, 4.69) is 34.3 Å². The van der Waals surface area contributed by atoms with Crippen LogP contribution in [-0.4, -0.2) is 23.0 Å². The minimum Gasteiger partial charge on any atom is -0.497 e. The Hall–Kier alpha value is -1.13. The molecule has 2 heterocycles. The molecule has 152 valence electrons. The van der Waals surface area contributed by atoms with Crippen molar-refractivity contribution in [2.45, 2.75) is 44.2 Å². The third kappa shape index (κ3) is 4.54. The number of aromatic nitrogens is 1. The Labute approximate surface area is 188 Å². The van der Waals surface area contributed by atoms with Crippen LogP contribution in [0.15, 0.2) is 36.8 Å². The maximum atomic E-state index is 6.43. The van der Waals surface area contributed by atoms with Gasteiger partial charge in [-0.15, -0.1) is 24.8 Å². The number of pyridine rings is 1. The van der Waals surface area contributed by atoms with Crippen LogP contribution in [0.5, 0.6) is 5.75 Å². The third-order valence-corrected chi connectivity index (χ3v) is 6.19. The van der Waals surface area contributed by atoms with Crippen LogP contribution in [0.4, 0.5) is 0 Å². The first-order valence-corrected chi connectivity index (χ1v) is 9.84. The van der Waals surface area contributed by atoms with Crippen molar-refractivity contribution in [2.24, 2.45) is 0 Å². The second-order valence-electron chi connectivity index (χ2n) is 7.00. The SMILES string of the molecule is COc1ccc2c(c1)C(Cc1c(Cl)cncc1Cl)N(C1CCCC1)C=C2.Cl.Cl. The summed E-state index contributed by atoms with van der Waals surface area (Å²) >= 11 is 12.9. The van der Waals surface area contributed by atoms with Crippen LogP contribution in [0, 0.1) is 0 Å². The average Bonchev–Trinajstić information content (AvgIpc) is 3.18. The Balaban J connectivity index is 0.00000140. The van der Waals surface area contributed by atoms with Gasteiger partial charge in [0, 0.05) is 31.1 Å². The summed E-state index contributed by atoms with van der Waals surface area (Å²) in [6, 6.07) is 7.03. The van der Waals surface area contributed by atoms with Crippen molar-refractivity contribution in [3.63, 3.8) is 0 Å². The van der Waals surface area contributed by atoms with Gasteiger partial charge in [0.25, 0.3) is 0 Å². The number of nitrogens with zero attached hydrogens (tertiary/aromatic N) is 2. The molecule has 0 spiro atoms. The molecule has 2 aliphatic rings. The minimum absolute atomic E-state index is 0. The fourth-order valence-corrected chi connectivity index (χ4v) is 4.69. The molecule has 0 N–H and O–H groups in total. The van der Waals surface area contributed by atoms with E-state index < -0.39 is 0 Å². The molecule has 1 aromatic heterocycles. The molecular formula is C21H24Cl4N2O. The van der Waals surface area contributed by atoms with E-state index in [0.717, 1.165) is 17.7 Å². The molecular weight excluding hydrogens is 438 g/mol. The lowest BCUT2D eigenvalue weighted by molar-refractivity contribution is 0.202. The van der Waals surface area contributed by atoms with E-state index in [4.69, 9.17) is 27.9 Å². The van der Waals surface area contributed by atoms with Crippen LogP contribution in [0.1, 0.15) is 48.4 Å². The van der Waals surface area contributed by atoms with Gasteiger partial charge in [-0.05, 0) is 47.7 Å². The Morgan fingerprint density at radius 3 is 2.43 bits per heavy atom. The lowest BCUT2D eigenvalue weighted by atomic mass is 9.90. The molecule has 0 bridgehead atoms. The fourth-order valence-electron chi connectivity index (χ4n) is 4.17. The van der Waals surface area contributed by atoms with Crippen molar-refractivity contribution in [2.75, 3.05) is 7.11 Å². The summed E-state index contributed by atoms with van der Waals surface area (Å²) in [5, 5.41) is 1.26. The summed E-state index contributed by atoms with van der Waals surface area (Å²) in [6.45, 7) is 0. The van der Waals surface area contributed by atoms with Gasteiger partial charge in [0.2, 0.25) is 0 Å². The molecule has 28 heavy (non-hydrogen) atoms. The molecule has 1 unspecified atom stereocenters. The lowest BCUT2D eigenvalue weighted by Gasteiger charge is -2.39. The van der Waals surface area contributed by atoms with Gasteiger partial charge in [-0.3, -0.25) is 4.98 Å². The second kappa shape index (κ2) is 10.1. The van der Waals surface area contributed by atoms with E-state index >= 15 is 0 Å². The summed E-state index contributed by atoms with van der Waals surface area (Å²) in [5.74, 6) is 0.877. The summed E-state index contributed by atoms with van der Waals surface area (Å²) < 4.78 is 5.48. The van der Waals surface area contributed by atoms with E-state index in [-0.39, 0.29) is 30.9 Å². The number of methoxy groups -OCH3 is 1. The standard InChI is InChI=1S/C21H22Cl2N2O.2ClH/c1-26-16-7-6-14-8-9-25(15-4-2-3-5-15)21(17(14)10-16)11-18-19(22)12-24-13-20(18)23;;/h6-10,12-13,15,21H,2-5,11H2,1H3;2*1H. The van der Waals surface area contributed by atoms with Gasteiger partial charge in [-0.2, -0.15) is 0 Å². The molecule has 3 nitrogen and oxygen atoms in total. The van der Waals surface area contributed by atoms with Crippen molar-refractivity contribution in [3.05, 3.63) is 63.5 Å². The molecule has 1 aliphatic carbocycles. The first-order chi connectivity index (χ1) is 12.7. The van der Waals surface area contributed by atoms with Crippen molar-refractivity contribution in [3.8, 4) is 5.75 Å². The average molecular weight is 462 g/mol. The predicted molar refractivity (Wildman–Crippen MR) is 121 cm³/mol. The smallest absolute Gasteiger partial charge is 0.119 e. The largest absolute Gasteiger partial charge is 0.497 e. The Bertz CT molecular complexity index is 817. The van der Waals surface area contributed by atoms with Gasteiger partial charge in [0.15, 0.2) is 0 Å². The zero-order chi connectivity index (χ0) is 18.1. The van der Waals surface area contributed by atoms with E-state index in [1.807, 2.05) is 6.07 Å². The number of ether oxygens (including phenoxy) is 1. The number of rotatable bonds is 4. The lowest BCUT2D eigenvalue weighted by Crippen LogP contribution is -2.35. The monoisotopic (exact) mass is 460 g/mol. The number of hydrogen-bond acceptors (Lipinski definition) is 3. The van der Waals surface area contributed by atoms with Crippen LogP contribution in [0.3, 0.4) is 0 Å². The molecule has 1 aromatic carbocycles. The minimum atomic E-state index is 0. The van der Waals surface area contributed by atoms with Gasteiger partial charge >= 0.3 is 0 Å². The highest BCUT2D eigenvalue weighted by atomic mass is 35.5. The second-order valence-corrected chi connectivity index (χ2v) is 7.81. The van der Waals surface area contributed by atoms with Gasteiger partial charge in [-0.1, -0.05) is 42.1 Å². The maximum absolute atomic E-state index is 6.43. The summed E-state index contributed by atoms with van der Waals surface area (Å²) in [4.78, 5) is 6.60. The van der Waals surface area contributed by atoms with Gasteiger partial charge in [0.1, 0.15) is 5.75 Å². The third-order valence-electron chi connectivity index (χ3n) is 5.54. The molecule has 1 saturated carbocycles. The van der Waals surface area contributed by atoms with Crippen LogP contribution < -0.4 is 4.74 Å². The molecule has 1 aliphatic heterocycles. The molecule has 0 amide bonds. The Morgan fingerprint density at radius 1 is 1.11 bits per heavy atom. The number of halogens is 4. The molecule has 2 aromatic rings. The van der Waals surface area contributed by atoms with Crippen molar-refractivity contribution in [1.82, 2.24) is 9.88 Å². The van der Waals surface area contributed by atoms with Crippen LogP contribution in [0.2, 0.25) is 10.0 Å². The number of fused-ring (bicyclic) bond motifs is 1. The summed E-state index contributed by atoms with van der Waals surface area (Å²) in [6.07, 6.45) is 13.6. The predicted octanol–water partition coefficient (Wildman–Crippen LogP) is 6.75. The zero-order valence-corrected chi connectivity index (χ0v) is 18.8. The molecule has 7 heteroatoms. The van der Waals surface area contributed by atoms with Crippen LogP contribution in [0.25, 0.3) is 6.08 Å². The number of hydrogen-bond donors (Lipinski definition) is 0. The maximum Gasteiger partial charge on any atom is 0.119 e. The normalized spacial score (nSPS) is 18.2. The highest BCUT2D eigenvalue weighted by Gasteiger charge is 2.32.